The molecule has 0 aliphatic carbocycles. The van der Waals surface area contributed by atoms with E-state index in [9.17, 15) is 18.3 Å². The van der Waals surface area contributed by atoms with E-state index < -0.39 is 15.9 Å². The van der Waals surface area contributed by atoms with Crippen LogP contribution in [0.4, 0.5) is 9.93 Å². The number of carbonyl (C=O) groups excluding carboxylic acids is 1. The molecule has 2 saturated heterocycles. The van der Waals surface area contributed by atoms with Gasteiger partial charge >= 0.3 is 6.03 Å². The normalized spacial score (nSPS) is 25.0. The Bertz CT molecular complexity index is 940. The Hall–Kier alpha value is -2.01. The molecule has 2 atom stereocenters. The number of anilines is 1. The molecule has 1 aromatic carbocycles. The Balaban J connectivity index is 1.32. The number of amides is 2. The first-order chi connectivity index (χ1) is 13.4. The molecule has 2 aliphatic heterocycles. The van der Waals surface area contributed by atoms with Crippen molar-refractivity contribution >= 4 is 32.3 Å². The average Bonchev–Trinajstić information content (AvgIpc) is 3.26. The van der Waals surface area contributed by atoms with E-state index in [1.54, 1.807) is 11.1 Å². The predicted molar refractivity (Wildman–Crippen MR) is 108 cm³/mol. The van der Waals surface area contributed by atoms with Gasteiger partial charge in [-0.3, -0.25) is 10.2 Å². The molecule has 2 fully saturated rings. The zero-order chi connectivity index (χ0) is 19.7. The Morgan fingerprint density at radius 1 is 1.14 bits per heavy atom. The summed E-state index contributed by atoms with van der Waals surface area (Å²) in [6.07, 6.45) is 0.896. The second kappa shape index (κ2) is 7.78. The number of aromatic nitrogens is 1. The molecule has 1 aromatic heterocycles. The standard InChI is InChI=1S/C18H22N4O4S2/c23-15-12-28(25,26)11-14(15)21-6-8-22(9-7-21)18(24)20-17-19-10-16(27-17)13-4-2-1-3-5-13/h1-5,10,14-15,23H,6-9,11-12H2,(H,19,20,24). The number of nitrogens with one attached hydrogen (secondary N) is 1. The molecule has 2 amide bonds. The van der Waals surface area contributed by atoms with Crippen LogP contribution in [0, 0.1) is 0 Å². The molecule has 8 nitrogen and oxygen atoms in total. The number of thiazole rings is 1. The Morgan fingerprint density at radius 3 is 2.50 bits per heavy atom. The number of aliphatic hydroxyl groups is 1. The number of nitrogens with zero attached hydrogens (tertiary/aromatic N) is 3. The van der Waals surface area contributed by atoms with Crippen molar-refractivity contribution in [2.24, 2.45) is 0 Å². The highest BCUT2D eigenvalue weighted by Crippen LogP contribution is 2.29. The number of aliphatic hydroxyl groups excluding tert-OH is 1. The predicted octanol–water partition coefficient (Wildman–Crippen LogP) is 1.12. The summed E-state index contributed by atoms with van der Waals surface area (Å²) in [7, 11) is -3.18. The zero-order valence-electron chi connectivity index (χ0n) is 15.2. The highest BCUT2D eigenvalue weighted by molar-refractivity contribution is 7.91. The molecule has 0 saturated carbocycles. The first kappa shape index (κ1) is 19.3. The van der Waals surface area contributed by atoms with Crippen molar-refractivity contribution in [1.29, 1.82) is 0 Å². The summed E-state index contributed by atoms with van der Waals surface area (Å²) in [4.78, 5) is 21.4. The third-order valence-corrected chi connectivity index (χ3v) is 7.80. The van der Waals surface area contributed by atoms with Gasteiger partial charge < -0.3 is 10.0 Å². The lowest BCUT2D eigenvalue weighted by Gasteiger charge is -2.38. The van der Waals surface area contributed by atoms with E-state index in [0.717, 1.165) is 10.4 Å². The molecular weight excluding hydrogens is 400 g/mol. The van der Waals surface area contributed by atoms with E-state index in [1.807, 2.05) is 35.2 Å². The summed E-state index contributed by atoms with van der Waals surface area (Å²) in [5.74, 6) is -0.187. The molecule has 0 radical (unpaired) electrons. The fourth-order valence-corrected chi connectivity index (χ4v) is 6.30. The van der Waals surface area contributed by atoms with Gasteiger partial charge in [0, 0.05) is 32.4 Å². The highest BCUT2D eigenvalue weighted by Gasteiger charge is 2.41. The second-order valence-corrected chi connectivity index (χ2v) is 10.2. The van der Waals surface area contributed by atoms with Crippen molar-refractivity contribution in [3.63, 3.8) is 0 Å². The topological polar surface area (TPSA) is 103 Å². The van der Waals surface area contributed by atoms with Crippen LogP contribution in [-0.2, 0) is 9.84 Å². The third-order valence-electron chi connectivity index (χ3n) is 5.14. The summed E-state index contributed by atoms with van der Waals surface area (Å²) < 4.78 is 23.4. The summed E-state index contributed by atoms with van der Waals surface area (Å²) >= 11 is 1.42. The van der Waals surface area contributed by atoms with Gasteiger partial charge in [-0.05, 0) is 5.56 Å². The fraction of sp³-hybridized carbons (Fsp3) is 0.444. The number of rotatable bonds is 3. The molecule has 150 valence electrons. The number of hydrogen-bond donors (Lipinski definition) is 2. The molecule has 2 unspecified atom stereocenters. The van der Waals surface area contributed by atoms with Gasteiger partial charge in [0.2, 0.25) is 0 Å². The third kappa shape index (κ3) is 4.19. The van der Waals surface area contributed by atoms with E-state index in [0.29, 0.717) is 31.3 Å². The van der Waals surface area contributed by atoms with E-state index in [1.165, 1.54) is 11.3 Å². The largest absolute Gasteiger partial charge is 0.390 e. The molecular formula is C18H22N4O4S2. The lowest BCUT2D eigenvalue weighted by atomic mass is 10.1. The molecule has 0 spiro atoms. The SMILES string of the molecule is O=C(Nc1ncc(-c2ccccc2)s1)N1CCN(C2CS(=O)(=O)CC2O)CC1. The van der Waals surface area contributed by atoms with Crippen molar-refractivity contribution in [2.75, 3.05) is 43.0 Å². The van der Waals surface area contributed by atoms with Crippen molar-refractivity contribution < 1.29 is 18.3 Å². The van der Waals surface area contributed by atoms with Crippen molar-refractivity contribution in [3.8, 4) is 10.4 Å². The zero-order valence-corrected chi connectivity index (χ0v) is 16.8. The van der Waals surface area contributed by atoms with E-state index in [2.05, 4.69) is 10.3 Å². The Morgan fingerprint density at radius 2 is 1.86 bits per heavy atom. The molecule has 3 heterocycles. The number of benzene rings is 1. The molecule has 10 heteroatoms. The van der Waals surface area contributed by atoms with Crippen LogP contribution in [0.25, 0.3) is 10.4 Å². The summed E-state index contributed by atoms with van der Waals surface area (Å²) in [5.41, 5.74) is 1.05. The maximum atomic E-state index is 12.5. The minimum Gasteiger partial charge on any atom is -0.390 e. The quantitative estimate of drug-likeness (QED) is 0.768. The van der Waals surface area contributed by atoms with Crippen LogP contribution in [0.15, 0.2) is 36.5 Å². The van der Waals surface area contributed by atoms with Crippen molar-refractivity contribution in [2.45, 2.75) is 12.1 Å². The number of sulfone groups is 1. The molecule has 0 bridgehead atoms. The van der Waals surface area contributed by atoms with Gasteiger partial charge in [-0.15, -0.1) is 0 Å². The van der Waals surface area contributed by atoms with Crippen LogP contribution in [0.1, 0.15) is 0 Å². The van der Waals surface area contributed by atoms with Crippen LogP contribution in [0.2, 0.25) is 0 Å². The molecule has 2 N–H and O–H groups in total. The first-order valence-corrected chi connectivity index (χ1v) is 11.7. The van der Waals surface area contributed by atoms with Gasteiger partial charge in [0.1, 0.15) is 0 Å². The fourth-order valence-electron chi connectivity index (χ4n) is 3.65. The number of hydrogen-bond acceptors (Lipinski definition) is 7. The van der Waals surface area contributed by atoms with Crippen LogP contribution in [0.3, 0.4) is 0 Å². The lowest BCUT2D eigenvalue weighted by Crippen LogP contribution is -2.55. The van der Waals surface area contributed by atoms with Gasteiger partial charge in [0.05, 0.1) is 28.5 Å². The minimum absolute atomic E-state index is 0.0122. The maximum Gasteiger partial charge on any atom is 0.323 e. The number of piperazine rings is 1. The monoisotopic (exact) mass is 422 g/mol. The number of carbonyl (C=O) groups is 1. The average molecular weight is 423 g/mol. The second-order valence-electron chi connectivity index (χ2n) is 7.06. The van der Waals surface area contributed by atoms with E-state index in [-0.39, 0.29) is 23.6 Å². The molecule has 2 aliphatic rings. The van der Waals surface area contributed by atoms with E-state index in [4.69, 9.17) is 0 Å². The smallest absolute Gasteiger partial charge is 0.323 e. The van der Waals surface area contributed by atoms with Crippen LogP contribution in [-0.4, -0.2) is 84.2 Å². The van der Waals surface area contributed by atoms with Crippen molar-refractivity contribution in [1.82, 2.24) is 14.8 Å². The Labute approximate surface area is 167 Å². The van der Waals surface area contributed by atoms with Gasteiger partial charge in [0.15, 0.2) is 15.0 Å². The van der Waals surface area contributed by atoms with Gasteiger partial charge in [-0.1, -0.05) is 41.7 Å². The first-order valence-electron chi connectivity index (χ1n) is 9.11. The van der Waals surface area contributed by atoms with Gasteiger partial charge in [0.25, 0.3) is 0 Å². The van der Waals surface area contributed by atoms with Crippen molar-refractivity contribution in [3.05, 3.63) is 36.5 Å². The van der Waals surface area contributed by atoms with Crippen LogP contribution in [0.5, 0.6) is 0 Å². The van der Waals surface area contributed by atoms with E-state index >= 15 is 0 Å². The number of urea groups is 1. The van der Waals surface area contributed by atoms with Gasteiger partial charge in [-0.2, -0.15) is 0 Å². The Kier molecular flexibility index (Phi) is 5.37. The highest BCUT2D eigenvalue weighted by atomic mass is 32.2. The lowest BCUT2D eigenvalue weighted by molar-refractivity contribution is 0.0545. The minimum atomic E-state index is -3.18. The van der Waals surface area contributed by atoms with Crippen LogP contribution < -0.4 is 5.32 Å². The molecule has 2 aromatic rings. The van der Waals surface area contributed by atoms with Crippen LogP contribution >= 0.6 is 11.3 Å². The molecule has 28 heavy (non-hydrogen) atoms. The summed E-state index contributed by atoms with van der Waals surface area (Å²) in [6.45, 7) is 2.04. The molecule has 4 rings (SSSR count). The maximum absolute atomic E-state index is 12.5. The summed E-state index contributed by atoms with van der Waals surface area (Å²) in [5, 5.41) is 13.4. The summed E-state index contributed by atoms with van der Waals surface area (Å²) in [6, 6.07) is 9.27. The van der Waals surface area contributed by atoms with Gasteiger partial charge in [-0.25, -0.2) is 18.2 Å².